The van der Waals surface area contributed by atoms with Crippen LogP contribution in [0.4, 0.5) is 0 Å². The molecule has 0 aromatic heterocycles. The van der Waals surface area contributed by atoms with Crippen LogP contribution in [0.15, 0.2) is 0 Å². The highest BCUT2D eigenvalue weighted by molar-refractivity contribution is 5.78. The Morgan fingerprint density at radius 1 is 1.47 bits per heavy atom. The molecule has 0 aromatic rings. The molecule has 2 aliphatic rings. The smallest absolute Gasteiger partial charge is 0.248 e. The van der Waals surface area contributed by atoms with Crippen molar-refractivity contribution in [1.29, 1.82) is 0 Å². The van der Waals surface area contributed by atoms with Crippen LogP contribution in [0, 0.1) is 5.92 Å². The number of likely N-dealkylation sites (tertiary alicyclic amines) is 1. The summed E-state index contributed by atoms with van der Waals surface area (Å²) in [6.45, 7) is 4.49. The molecule has 5 nitrogen and oxygen atoms in total. The van der Waals surface area contributed by atoms with E-state index in [0.29, 0.717) is 19.0 Å². The third kappa shape index (κ3) is 3.40. The molecular weight excluding hydrogens is 218 g/mol. The fraction of sp³-hybridized carbons (Fsp3) is 0.917. The summed E-state index contributed by atoms with van der Waals surface area (Å²) < 4.78 is 5.35. The van der Waals surface area contributed by atoms with Crippen molar-refractivity contribution in [2.75, 3.05) is 46.4 Å². The highest BCUT2D eigenvalue weighted by atomic mass is 16.5. The van der Waals surface area contributed by atoms with Gasteiger partial charge in [-0.25, -0.2) is 0 Å². The molecule has 0 radical (unpaired) electrons. The van der Waals surface area contributed by atoms with Crippen molar-refractivity contribution in [1.82, 2.24) is 9.80 Å². The fourth-order valence-corrected chi connectivity index (χ4v) is 2.73. The van der Waals surface area contributed by atoms with Crippen LogP contribution in [0.2, 0.25) is 0 Å². The van der Waals surface area contributed by atoms with Crippen LogP contribution >= 0.6 is 0 Å². The monoisotopic (exact) mass is 241 g/mol. The second-order valence-electron chi connectivity index (χ2n) is 5.24. The largest absolute Gasteiger partial charge is 0.365 e. The minimum atomic E-state index is 0.0222. The summed E-state index contributed by atoms with van der Waals surface area (Å²) in [6.07, 6.45) is 2.48. The fourth-order valence-electron chi connectivity index (χ4n) is 2.73. The molecule has 2 unspecified atom stereocenters. The van der Waals surface area contributed by atoms with E-state index in [0.717, 1.165) is 13.1 Å². The number of hydrogen-bond acceptors (Lipinski definition) is 4. The summed E-state index contributed by atoms with van der Waals surface area (Å²) in [5.74, 6) is 0.720. The van der Waals surface area contributed by atoms with Crippen LogP contribution in [0.3, 0.4) is 0 Å². The minimum absolute atomic E-state index is 0.0222. The number of carbonyl (C=O) groups excluding carboxylic acids is 1. The standard InChI is InChI=1S/C12H23N3O2/c1-14-4-2-3-10(6-14)7-15-8-11(5-13)17-9-12(15)16/h10-11H,2-9,13H2,1H3. The number of nitrogens with zero attached hydrogens (tertiary/aromatic N) is 2. The van der Waals surface area contributed by atoms with E-state index >= 15 is 0 Å². The summed E-state index contributed by atoms with van der Waals surface area (Å²) in [6, 6.07) is 0. The molecule has 0 aliphatic carbocycles. The molecule has 2 N–H and O–H groups in total. The average molecular weight is 241 g/mol. The number of nitrogens with two attached hydrogens (primary N) is 1. The molecule has 0 saturated carbocycles. The Hall–Kier alpha value is -0.650. The zero-order valence-electron chi connectivity index (χ0n) is 10.6. The molecule has 2 saturated heterocycles. The lowest BCUT2D eigenvalue weighted by molar-refractivity contribution is -0.149. The van der Waals surface area contributed by atoms with Crippen molar-refractivity contribution < 1.29 is 9.53 Å². The van der Waals surface area contributed by atoms with Gasteiger partial charge in [-0.05, 0) is 32.4 Å². The Balaban J connectivity index is 1.85. The highest BCUT2D eigenvalue weighted by Crippen LogP contribution is 2.18. The van der Waals surface area contributed by atoms with Crippen molar-refractivity contribution in [3.05, 3.63) is 0 Å². The van der Waals surface area contributed by atoms with E-state index in [1.165, 1.54) is 19.4 Å². The van der Waals surface area contributed by atoms with Gasteiger partial charge >= 0.3 is 0 Å². The van der Waals surface area contributed by atoms with Gasteiger partial charge in [0.1, 0.15) is 6.61 Å². The molecule has 2 aliphatic heterocycles. The summed E-state index contributed by atoms with van der Waals surface area (Å²) in [4.78, 5) is 16.0. The van der Waals surface area contributed by atoms with E-state index < -0.39 is 0 Å². The van der Waals surface area contributed by atoms with E-state index in [1.807, 2.05) is 4.90 Å². The maximum Gasteiger partial charge on any atom is 0.248 e. The molecule has 0 bridgehead atoms. The molecule has 17 heavy (non-hydrogen) atoms. The van der Waals surface area contributed by atoms with Crippen molar-refractivity contribution in [3.8, 4) is 0 Å². The SMILES string of the molecule is CN1CCCC(CN2CC(CN)OCC2=O)C1. The van der Waals surface area contributed by atoms with Gasteiger partial charge in [0, 0.05) is 26.2 Å². The Kier molecular flexibility index (Phi) is 4.36. The van der Waals surface area contributed by atoms with Gasteiger partial charge in [0.25, 0.3) is 0 Å². The van der Waals surface area contributed by atoms with Crippen LogP contribution in [-0.4, -0.2) is 68.2 Å². The van der Waals surface area contributed by atoms with Gasteiger partial charge < -0.3 is 20.3 Å². The van der Waals surface area contributed by atoms with Crippen molar-refractivity contribution in [2.24, 2.45) is 11.7 Å². The van der Waals surface area contributed by atoms with Crippen LogP contribution in [0.1, 0.15) is 12.8 Å². The maximum atomic E-state index is 11.8. The normalized spacial score (nSPS) is 31.9. The molecule has 2 heterocycles. The van der Waals surface area contributed by atoms with E-state index in [-0.39, 0.29) is 18.6 Å². The first-order valence-electron chi connectivity index (χ1n) is 6.47. The predicted molar refractivity (Wildman–Crippen MR) is 65.6 cm³/mol. The van der Waals surface area contributed by atoms with Crippen LogP contribution < -0.4 is 5.73 Å². The number of piperidine rings is 1. The number of rotatable bonds is 3. The molecule has 2 fully saturated rings. The van der Waals surface area contributed by atoms with Gasteiger partial charge in [-0.1, -0.05) is 0 Å². The highest BCUT2D eigenvalue weighted by Gasteiger charge is 2.28. The van der Waals surface area contributed by atoms with E-state index in [9.17, 15) is 4.79 Å². The lowest BCUT2D eigenvalue weighted by Gasteiger charge is -2.37. The maximum absolute atomic E-state index is 11.8. The molecular formula is C12H23N3O2. The molecule has 2 atom stereocenters. The predicted octanol–water partition coefficient (Wildman–Crippen LogP) is -0.486. The van der Waals surface area contributed by atoms with Crippen LogP contribution in [0.25, 0.3) is 0 Å². The number of morpholine rings is 1. The second kappa shape index (κ2) is 5.80. The summed E-state index contributed by atoms with van der Waals surface area (Å²) in [7, 11) is 2.15. The van der Waals surface area contributed by atoms with Gasteiger partial charge in [0.15, 0.2) is 0 Å². The zero-order chi connectivity index (χ0) is 12.3. The molecule has 98 valence electrons. The number of carbonyl (C=O) groups is 1. The van der Waals surface area contributed by atoms with Gasteiger partial charge in [-0.15, -0.1) is 0 Å². The second-order valence-corrected chi connectivity index (χ2v) is 5.24. The lowest BCUT2D eigenvalue weighted by atomic mass is 9.97. The summed E-state index contributed by atoms with van der Waals surface area (Å²) >= 11 is 0. The van der Waals surface area contributed by atoms with Gasteiger partial charge in [0.05, 0.1) is 6.10 Å². The van der Waals surface area contributed by atoms with Crippen molar-refractivity contribution >= 4 is 5.91 Å². The first kappa shape index (κ1) is 12.8. The van der Waals surface area contributed by atoms with Crippen molar-refractivity contribution in [2.45, 2.75) is 18.9 Å². The minimum Gasteiger partial charge on any atom is -0.365 e. The van der Waals surface area contributed by atoms with Gasteiger partial charge in [-0.3, -0.25) is 4.79 Å². The molecule has 2 rings (SSSR count). The number of ether oxygens (including phenoxy) is 1. The lowest BCUT2D eigenvalue weighted by Crippen LogP contribution is -2.51. The third-order valence-electron chi connectivity index (χ3n) is 3.68. The third-order valence-corrected chi connectivity index (χ3v) is 3.68. The Bertz CT molecular complexity index is 272. The first-order valence-corrected chi connectivity index (χ1v) is 6.47. The average Bonchev–Trinajstić information content (AvgIpc) is 2.32. The van der Waals surface area contributed by atoms with E-state index in [2.05, 4.69) is 11.9 Å². The number of amides is 1. The Labute approximate surface area is 103 Å². The van der Waals surface area contributed by atoms with E-state index in [4.69, 9.17) is 10.5 Å². The zero-order valence-corrected chi connectivity index (χ0v) is 10.6. The molecule has 0 aromatic carbocycles. The molecule has 5 heteroatoms. The summed E-state index contributed by atoms with van der Waals surface area (Å²) in [5.41, 5.74) is 5.59. The van der Waals surface area contributed by atoms with Crippen LogP contribution in [-0.2, 0) is 9.53 Å². The molecule has 1 amide bonds. The number of hydrogen-bond donors (Lipinski definition) is 1. The van der Waals surface area contributed by atoms with Gasteiger partial charge in [-0.2, -0.15) is 0 Å². The molecule has 0 spiro atoms. The first-order chi connectivity index (χ1) is 8.19. The van der Waals surface area contributed by atoms with Crippen LogP contribution in [0.5, 0.6) is 0 Å². The Morgan fingerprint density at radius 3 is 3.00 bits per heavy atom. The van der Waals surface area contributed by atoms with E-state index in [1.54, 1.807) is 0 Å². The Morgan fingerprint density at radius 2 is 2.29 bits per heavy atom. The topological polar surface area (TPSA) is 58.8 Å². The summed E-state index contributed by atoms with van der Waals surface area (Å²) in [5, 5.41) is 0. The quantitative estimate of drug-likeness (QED) is 0.724. The van der Waals surface area contributed by atoms with Gasteiger partial charge in [0.2, 0.25) is 5.91 Å². The van der Waals surface area contributed by atoms with Crippen molar-refractivity contribution in [3.63, 3.8) is 0 Å².